The molecule has 2 N–H and O–H groups in total. The van der Waals surface area contributed by atoms with Crippen LogP contribution in [-0.4, -0.2) is 27.2 Å². The van der Waals surface area contributed by atoms with Crippen LogP contribution in [-0.2, 0) is 0 Å². The fraction of sp³-hybridized carbons (Fsp3) is 0.667. The molecule has 0 aliphatic heterocycles. The first kappa shape index (κ1) is 14.0. The molecule has 1 heterocycles. The molecule has 0 bridgehead atoms. The van der Waals surface area contributed by atoms with E-state index >= 15 is 0 Å². The molecule has 1 aliphatic carbocycles. The summed E-state index contributed by atoms with van der Waals surface area (Å²) in [6, 6.07) is 0. The Kier molecular flexibility index (Phi) is 4.45. The zero-order chi connectivity index (χ0) is 13.2. The fourth-order valence-electron chi connectivity index (χ4n) is 2.51. The zero-order valence-corrected chi connectivity index (χ0v) is 12.6. The van der Waals surface area contributed by atoms with Crippen LogP contribution < -0.4 is 5.32 Å². The number of anilines is 1. The van der Waals surface area contributed by atoms with Crippen molar-refractivity contribution in [2.75, 3.05) is 11.9 Å². The van der Waals surface area contributed by atoms with E-state index in [-0.39, 0.29) is 0 Å². The van der Waals surface area contributed by atoms with E-state index in [0.29, 0.717) is 27.9 Å². The van der Waals surface area contributed by atoms with E-state index in [1.165, 1.54) is 12.7 Å². The third kappa shape index (κ3) is 3.33. The highest BCUT2D eigenvalue weighted by Crippen LogP contribution is 2.33. The number of aromatic nitrogens is 2. The van der Waals surface area contributed by atoms with Crippen LogP contribution in [0.5, 0.6) is 0 Å². The van der Waals surface area contributed by atoms with Crippen LogP contribution >= 0.6 is 27.5 Å². The van der Waals surface area contributed by atoms with Crippen LogP contribution in [0.4, 0.5) is 5.82 Å². The Morgan fingerprint density at radius 3 is 3.11 bits per heavy atom. The Hall–Kier alpha value is -0.390. The molecule has 4 nitrogen and oxygen atoms in total. The molecular weight excluding hydrogens is 318 g/mol. The molecule has 0 radical (unpaired) electrons. The number of hydrogen-bond acceptors (Lipinski definition) is 4. The second kappa shape index (κ2) is 5.72. The van der Waals surface area contributed by atoms with Crippen molar-refractivity contribution in [1.29, 1.82) is 0 Å². The Labute approximate surface area is 120 Å². The van der Waals surface area contributed by atoms with Crippen molar-refractivity contribution in [1.82, 2.24) is 9.97 Å². The second-order valence-electron chi connectivity index (χ2n) is 5.11. The van der Waals surface area contributed by atoms with Crippen LogP contribution in [0, 0.1) is 5.92 Å². The first-order valence-corrected chi connectivity index (χ1v) is 7.29. The summed E-state index contributed by atoms with van der Waals surface area (Å²) in [6.07, 6.45) is 5.34. The summed E-state index contributed by atoms with van der Waals surface area (Å²) in [5.74, 6) is 1.20. The van der Waals surface area contributed by atoms with Crippen molar-refractivity contribution in [3.63, 3.8) is 0 Å². The molecule has 0 amide bonds. The van der Waals surface area contributed by atoms with Crippen LogP contribution in [0.25, 0.3) is 0 Å². The predicted molar refractivity (Wildman–Crippen MR) is 75.8 cm³/mol. The van der Waals surface area contributed by atoms with Gasteiger partial charge in [0.1, 0.15) is 17.3 Å². The molecule has 2 rings (SSSR count). The summed E-state index contributed by atoms with van der Waals surface area (Å²) in [7, 11) is 0. The monoisotopic (exact) mass is 333 g/mol. The molecule has 2 unspecified atom stereocenters. The molecule has 2 atom stereocenters. The fourth-order valence-corrected chi connectivity index (χ4v) is 2.99. The number of aliphatic hydroxyl groups is 1. The lowest BCUT2D eigenvalue weighted by Crippen LogP contribution is -2.41. The molecule has 0 saturated heterocycles. The van der Waals surface area contributed by atoms with E-state index in [4.69, 9.17) is 11.6 Å². The minimum atomic E-state index is -0.644. The van der Waals surface area contributed by atoms with E-state index in [1.807, 2.05) is 0 Å². The molecule has 0 aromatic carbocycles. The topological polar surface area (TPSA) is 58.0 Å². The van der Waals surface area contributed by atoms with Gasteiger partial charge in [-0.2, -0.15) is 0 Å². The van der Waals surface area contributed by atoms with Crippen molar-refractivity contribution in [3.8, 4) is 0 Å². The van der Waals surface area contributed by atoms with Crippen LogP contribution in [0.15, 0.2) is 10.8 Å². The molecule has 1 aromatic heterocycles. The predicted octanol–water partition coefficient (Wildman–Crippen LogP) is 3.25. The maximum Gasteiger partial charge on any atom is 0.148 e. The Balaban J connectivity index is 2.00. The Morgan fingerprint density at radius 2 is 2.39 bits per heavy atom. The summed E-state index contributed by atoms with van der Waals surface area (Å²) in [5, 5.41) is 14.0. The van der Waals surface area contributed by atoms with E-state index in [9.17, 15) is 5.11 Å². The van der Waals surface area contributed by atoms with Gasteiger partial charge in [0.2, 0.25) is 0 Å². The molecule has 1 aliphatic rings. The summed E-state index contributed by atoms with van der Waals surface area (Å²) < 4.78 is 0.638. The quantitative estimate of drug-likeness (QED) is 0.833. The number of nitrogens with zero attached hydrogens (tertiary/aromatic N) is 2. The first-order valence-electron chi connectivity index (χ1n) is 6.12. The van der Waals surface area contributed by atoms with Gasteiger partial charge in [0.15, 0.2) is 0 Å². The highest BCUT2D eigenvalue weighted by atomic mass is 79.9. The average Bonchev–Trinajstić information content (AvgIpc) is 2.31. The van der Waals surface area contributed by atoms with E-state index in [2.05, 4.69) is 38.1 Å². The van der Waals surface area contributed by atoms with Crippen LogP contribution in [0.3, 0.4) is 0 Å². The van der Waals surface area contributed by atoms with Gasteiger partial charge in [-0.1, -0.05) is 31.4 Å². The maximum atomic E-state index is 10.5. The minimum absolute atomic E-state index is 0.372. The summed E-state index contributed by atoms with van der Waals surface area (Å²) in [5.41, 5.74) is -0.644. The lowest BCUT2D eigenvalue weighted by Gasteiger charge is -2.35. The molecule has 1 aromatic rings. The molecule has 0 spiro atoms. The molecular formula is C12H17BrClN3O. The third-order valence-corrected chi connectivity index (χ3v) is 4.67. The van der Waals surface area contributed by atoms with Gasteiger partial charge in [-0.3, -0.25) is 0 Å². The summed E-state index contributed by atoms with van der Waals surface area (Å²) in [4.78, 5) is 7.98. The van der Waals surface area contributed by atoms with Gasteiger partial charge >= 0.3 is 0 Å². The lowest BCUT2D eigenvalue weighted by molar-refractivity contribution is -0.000839. The number of rotatable bonds is 3. The van der Waals surface area contributed by atoms with Crippen LogP contribution in [0.1, 0.15) is 32.6 Å². The normalized spacial score (nSPS) is 28.1. The van der Waals surface area contributed by atoms with Gasteiger partial charge < -0.3 is 10.4 Å². The van der Waals surface area contributed by atoms with Gasteiger partial charge in [-0.05, 0) is 34.7 Å². The SMILES string of the molecule is CC1CCCC(O)(CNc2ncnc(Cl)c2Br)C1. The van der Waals surface area contributed by atoms with Crippen molar-refractivity contribution >= 4 is 33.3 Å². The van der Waals surface area contributed by atoms with E-state index in [1.54, 1.807) is 0 Å². The molecule has 1 fully saturated rings. The molecule has 6 heteroatoms. The number of halogens is 2. The van der Waals surface area contributed by atoms with Crippen molar-refractivity contribution in [3.05, 3.63) is 16.0 Å². The van der Waals surface area contributed by atoms with Crippen molar-refractivity contribution in [2.45, 2.75) is 38.2 Å². The Morgan fingerprint density at radius 1 is 1.61 bits per heavy atom. The maximum absolute atomic E-state index is 10.5. The summed E-state index contributed by atoms with van der Waals surface area (Å²) in [6.45, 7) is 2.67. The highest BCUT2D eigenvalue weighted by Gasteiger charge is 2.32. The highest BCUT2D eigenvalue weighted by molar-refractivity contribution is 9.10. The van der Waals surface area contributed by atoms with Gasteiger partial charge in [0, 0.05) is 6.54 Å². The van der Waals surface area contributed by atoms with Gasteiger partial charge in [0.25, 0.3) is 0 Å². The zero-order valence-electron chi connectivity index (χ0n) is 10.3. The van der Waals surface area contributed by atoms with Gasteiger partial charge in [-0.15, -0.1) is 0 Å². The average molecular weight is 335 g/mol. The lowest BCUT2D eigenvalue weighted by atomic mass is 9.79. The standard InChI is InChI=1S/C12H17BrClN3O/c1-8-3-2-4-12(18,5-8)6-15-11-9(13)10(14)16-7-17-11/h7-8,18H,2-6H2,1H3,(H,15,16,17). The van der Waals surface area contributed by atoms with Crippen molar-refractivity contribution in [2.24, 2.45) is 5.92 Å². The Bertz CT molecular complexity index is 432. The smallest absolute Gasteiger partial charge is 0.148 e. The third-order valence-electron chi connectivity index (χ3n) is 3.40. The molecule has 1 saturated carbocycles. The molecule has 100 valence electrons. The molecule has 18 heavy (non-hydrogen) atoms. The van der Waals surface area contributed by atoms with E-state index in [0.717, 1.165) is 19.3 Å². The van der Waals surface area contributed by atoms with Crippen molar-refractivity contribution < 1.29 is 5.11 Å². The van der Waals surface area contributed by atoms with Crippen LogP contribution in [0.2, 0.25) is 5.15 Å². The van der Waals surface area contributed by atoms with E-state index < -0.39 is 5.60 Å². The summed E-state index contributed by atoms with van der Waals surface area (Å²) >= 11 is 9.23. The van der Waals surface area contributed by atoms with Gasteiger partial charge in [-0.25, -0.2) is 9.97 Å². The second-order valence-corrected chi connectivity index (χ2v) is 6.26. The number of nitrogens with one attached hydrogen (secondary N) is 1. The number of hydrogen-bond donors (Lipinski definition) is 2. The largest absolute Gasteiger partial charge is 0.388 e. The minimum Gasteiger partial charge on any atom is -0.388 e. The first-order chi connectivity index (χ1) is 8.50. The van der Waals surface area contributed by atoms with Gasteiger partial charge in [0.05, 0.1) is 10.1 Å².